The lowest BCUT2D eigenvalue weighted by atomic mass is 9.98. The Morgan fingerprint density at radius 1 is 0.833 bits per heavy atom. The number of alkyl halides is 1. The Hall–Kier alpha value is -3.73. The minimum atomic E-state index is -1.80. The maximum absolute atomic E-state index is 13.5. The molecule has 36 heavy (non-hydrogen) atoms. The van der Waals surface area contributed by atoms with Gasteiger partial charge < -0.3 is 14.2 Å². The third-order valence-electron chi connectivity index (χ3n) is 5.59. The van der Waals surface area contributed by atoms with Crippen LogP contribution in [0.4, 0.5) is 0 Å². The lowest BCUT2D eigenvalue weighted by Gasteiger charge is -2.29. The van der Waals surface area contributed by atoms with Crippen LogP contribution in [-0.4, -0.2) is 46.2 Å². The first kappa shape index (κ1) is 25.4. The van der Waals surface area contributed by atoms with Crippen molar-refractivity contribution < 1.29 is 28.6 Å². The van der Waals surface area contributed by atoms with E-state index in [2.05, 4.69) is 10.0 Å². The SMILES string of the molecule is [N-]=[N+]=N[C@]1(CI)O[C@@H](C(=O)c2ccccc2)C(OC(=O)c2ccccc2)[C@@H]1OC(=O)c1ccccc1. The minimum absolute atomic E-state index is 0.0134. The van der Waals surface area contributed by atoms with Crippen LogP contribution in [0.2, 0.25) is 0 Å². The Morgan fingerprint density at radius 2 is 1.31 bits per heavy atom. The van der Waals surface area contributed by atoms with Gasteiger partial charge in [-0.2, -0.15) is 0 Å². The molecular weight excluding hydrogens is 577 g/mol. The molecular formula is C26H20IN3O6. The third kappa shape index (κ3) is 5.25. The van der Waals surface area contributed by atoms with Gasteiger partial charge in [-0.25, -0.2) is 9.59 Å². The average Bonchev–Trinajstić information content (AvgIpc) is 3.22. The van der Waals surface area contributed by atoms with E-state index >= 15 is 0 Å². The van der Waals surface area contributed by atoms with Crippen molar-refractivity contribution in [3.05, 3.63) is 118 Å². The summed E-state index contributed by atoms with van der Waals surface area (Å²) < 4.78 is 17.6. The van der Waals surface area contributed by atoms with E-state index in [9.17, 15) is 19.9 Å². The molecule has 0 radical (unpaired) electrons. The smallest absolute Gasteiger partial charge is 0.338 e. The van der Waals surface area contributed by atoms with Crippen LogP contribution in [0, 0.1) is 0 Å². The second-order valence-electron chi connectivity index (χ2n) is 7.86. The molecule has 9 nitrogen and oxygen atoms in total. The molecule has 1 saturated heterocycles. The van der Waals surface area contributed by atoms with E-state index in [-0.39, 0.29) is 15.6 Å². The highest BCUT2D eigenvalue weighted by Gasteiger charge is 2.61. The third-order valence-corrected chi connectivity index (χ3v) is 6.68. The molecule has 4 rings (SSSR count). The zero-order valence-electron chi connectivity index (χ0n) is 18.8. The molecule has 1 aliphatic rings. The van der Waals surface area contributed by atoms with Gasteiger partial charge in [0.1, 0.15) is 0 Å². The maximum atomic E-state index is 13.5. The van der Waals surface area contributed by atoms with Crippen molar-refractivity contribution >= 4 is 40.3 Å². The number of carbonyl (C=O) groups excluding carboxylic acids is 3. The standard InChI is InChI=1S/C26H20IN3O6/c27-16-26(29-30-28)23(35-25(33)19-14-8-3-9-15-19)22(34-24(32)18-12-6-2-7-13-18)21(36-26)20(31)17-10-4-1-5-11-17/h1-15,21-23H,16H2/t21-,22?,23-,26+/m0/s1. The summed E-state index contributed by atoms with van der Waals surface area (Å²) in [5.41, 5.74) is 8.28. The van der Waals surface area contributed by atoms with Gasteiger partial charge in [0.05, 0.1) is 11.1 Å². The van der Waals surface area contributed by atoms with E-state index in [1.807, 2.05) is 22.6 Å². The number of hydrogen-bond donors (Lipinski definition) is 0. The number of azide groups is 1. The molecule has 0 spiro atoms. The van der Waals surface area contributed by atoms with Crippen LogP contribution in [0.5, 0.6) is 0 Å². The number of ketones is 1. The first-order valence-corrected chi connectivity index (χ1v) is 12.4. The van der Waals surface area contributed by atoms with Crippen molar-refractivity contribution in [2.45, 2.75) is 24.0 Å². The van der Waals surface area contributed by atoms with Crippen molar-refractivity contribution in [3.8, 4) is 0 Å². The Balaban J connectivity index is 1.77. The second-order valence-corrected chi connectivity index (χ2v) is 8.63. The molecule has 182 valence electrons. The highest BCUT2D eigenvalue weighted by molar-refractivity contribution is 14.1. The highest BCUT2D eigenvalue weighted by Crippen LogP contribution is 2.40. The van der Waals surface area contributed by atoms with E-state index in [1.165, 1.54) is 0 Å². The zero-order chi connectivity index (χ0) is 25.5. The van der Waals surface area contributed by atoms with Gasteiger partial charge in [0, 0.05) is 14.9 Å². The lowest BCUT2D eigenvalue weighted by Crippen LogP contribution is -2.48. The number of benzene rings is 3. The number of Topliss-reactive ketones (excluding diaryl/α,β-unsaturated/α-hetero) is 1. The molecule has 4 atom stereocenters. The predicted octanol–water partition coefficient (Wildman–Crippen LogP) is 5.16. The first-order valence-electron chi connectivity index (χ1n) is 10.9. The summed E-state index contributed by atoms with van der Waals surface area (Å²) in [5, 5.41) is 3.79. The van der Waals surface area contributed by atoms with Crippen LogP contribution in [-0.2, 0) is 14.2 Å². The van der Waals surface area contributed by atoms with Gasteiger partial charge in [0.2, 0.25) is 0 Å². The number of halogens is 1. The summed E-state index contributed by atoms with van der Waals surface area (Å²) in [7, 11) is 0. The first-order chi connectivity index (χ1) is 17.5. The summed E-state index contributed by atoms with van der Waals surface area (Å²) in [4.78, 5) is 42.4. The van der Waals surface area contributed by atoms with E-state index in [0.29, 0.717) is 5.56 Å². The topological polar surface area (TPSA) is 128 Å². The summed E-state index contributed by atoms with van der Waals surface area (Å²) in [6.45, 7) is 0. The molecule has 3 aromatic carbocycles. The molecule has 0 aliphatic carbocycles. The number of carbonyl (C=O) groups is 3. The molecule has 0 aromatic heterocycles. The number of hydrogen-bond acceptors (Lipinski definition) is 7. The highest BCUT2D eigenvalue weighted by atomic mass is 127. The van der Waals surface area contributed by atoms with E-state index in [4.69, 9.17) is 14.2 Å². The minimum Gasteiger partial charge on any atom is -0.451 e. The van der Waals surface area contributed by atoms with Crippen LogP contribution >= 0.6 is 22.6 Å². The number of rotatable bonds is 8. The number of esters is 2. The maximum Gasteiger partial charge on any atom is 0.338 e. The van der Waals surface area contributed by atoms with Gasteiger partial charge in [0.25, 0.3) is 0 Å². The van der Waals surface area contributed by atoms with Gasteiger partial charge in [-0.1, -0.05) is 94.4 Å². The fourth-order valence-electron chi connectivity index (χ4n) is 3.84. The Kier molecular flexibility index (Phi) is 7.99. The monoisotopic (exact) mass is 597 g/mol. The van der Waals surface area contributed by atoms with Gasteiger partial charge >= 0.3 is 11.9 Å². The summed E-state index contributed by atoms with van der Waals surface area (Å²) in [6.07, 6.45) is -4.18. The van der Waals surface area contributed by atoms with Gasteiger partial charge in [-0.05, 0) is 29.8 Å². The molecule has 10 heteroatoms. The quantitative estimate of drug-likeness (QED) is 0.0672. The van der Waals surface area contributed by atoms with Crippen molar-refractivity contribution in [2.24, 2.45) is 5.11 Å². The Bertz CT molecular complexity index is 1280. The Morgan fingerprint density at radius 3 is 1.78 bits per heavy atom. The lowest BCUT2D eigenvalue weighted by molar-refractivity contribution is -0.0644. The summed E-state index contributed by atoms with van der Waals surface area (Å²) >= 11 is 1.91. The number of nitrogens with zero attached hydrogens (tertiary/aromatic N) is 3. The Labute approximate surface area is 220 Å². The van der Waals surface area contributed by atoms with Crippen LogP contribution in [0.1, 0.15) is 31.1 Å². The molecule has 3 aromatic rings. The molecule has 0 N–H and O–H groups in total. The molecule has 0 amide bonds. The predicted molar refractivity (Wildman–Crippen MR) is 138 cm³/mol. The van der Waals surface area contributed by atoms with Crippen LogP contribution in [0.3, 0.4) is 0 Å². The summed E-state index contributed by atoms with van der Waals surface area (Å²) in [5.74, 6) is -2.01. The van der Waals surface area contributed by atoms with Crippen LogP contribution in [0.25, 0.3) is 10.4 Å². The molecule has 1 fully saturated rings. The number of ether oxygens (including phenoxy) is 3. The largest absolute Gasteiger partial charge is 0.451 e. The van der Waals surface area contributed by atoms with Crippen LogP contribution in [0.15, 0.2) is 96.1 Å². The fourth-order valence-corrected chi connectivity index (χ4v) is 4.60. The van der Waals surface area contributed by atoms with E-state index in [0.717, 1.165) is 0 Å². The molecule has 1 unspecified atom stereocenters. The van der Waals surface area contributed by atoms with Crippen LogP contribution < -0.4 is 0 Å². The van der Waals surface area contributed by atoms with E-state index < -0.39 is 41.8 Å². The summed E-state index contributed by atoms with van der Waals surface area (Å²) in [6, 6.07) is 24.6. The molecule has 1 aliphatic heterocycles. The van der Waals surface area contributed by atoms with Crippen molar-refractivity contribution in [1.29, 1.82) is 0 Å². The van der Waals surface area contributed by atoms with Gasteiger partial charge in [-0.3, -0.25) is 4.79 Å². The van der Waals surface area contributed by atoms with Gasteiger partial charge in [-0.15, -0.1) is 0 Å². The average molecular weight is 597 g/mol. The second kappa shape index (κ2) is 11.3. The molecule has 1 heterocycles. The normalized spacial score (nSPS) is 22.8. The van der Waals surface area contributed by atoms with E-state index in [1.54, 1.807) is 91.0 Å². The van der Waals surface area contributed by atoms with Gasteiger partial charge in [0.15, 0.2) is 29.8 Å². The molecule has 0 bridgehead atoms. The van der Waals surface area contributed by atoms with Crippen molar-refractivity contribution in [2.75, 3.05) is 4.43 Å². The van der Waals surface area contributed by atoms with Crippen molar-refractivity contribution in [1.82, 2.24) is 0 Å². The molecule has 0 saturated carbocycles. The zero-order valence-corrected chi connectivity index (χ0v) is 20.9. The van der Waals surface area contributed by atoms with Crippen molar-refractivity contribution in [3.63, 3.8) is 0 Å². The fraction of sp³-hybridized carbons (Fsp3) is 0.192.